The Kier molecular flexibility index (Phi) is 5.59. The highest BCUT2D eigenvalue weighted by atomic mass is 19.1. The minimum Gasteiger partial charge on any atom is -0.381 e. The van der Waals surface area contributed by atoms with Crippen LogP contribution >= 0.6 is 0 Å². The van der Waals surface area contributed by atoms with Crippen molar-refractivity contribution in [2.45, 2.75) is 44.7 Å². The van der Waals surface area contributed by atoms with Gasteiger partial charge in [-0.25, -0.2) is 9.18 Å². The molecular formula is C19H28FN3O2. The Balaban J connectivity index is 1.74. The standard InChI is InChI=1S/C19H28FN3O2/c1-14-3-4-16(13-17(14)20)15(2)22-18(24)23-10-9-21-8-5-19(23)6-11-25-12-7-19/h3-4,13,15,21H,5-12H2,1-2H3,(H,22,24)/t15-/m1/s1. The molecule has 0 bridgehead atoms. The maximum Gasteiger partial charge on any atom is 0.318 e. The predicted molar refractivity (Wildman–Crippen MR) is 95.1 cm³/mol. The molecule has 2 saturated heterocycles. The summed E-state index contributed by atoms with van der Waals surface area (Å²) in [6, 6.07) is 4.82. The summed E-state index contributed by atoms with van der Waals surface area (Å²) in [6.45, 7) is 7.42. The lowest BCUT2D eigenvalue weighted by Gasteiger charge is -2.45. The number of benzene rings is 1. The molecule has 1 atom stereocenters. The van der Waals surface area contributed by atoms with E-state index < -0.39 is 0 Å². The summed E-state index contributed by atoms with van der Waals surface area (Å²) in [6.07, 6.45) is 2.68. The number of halogens is 1. The predicted octanol–water partition coefficient (Wildman–Crippen LogP) is 2.75. The molecule has 3 rings (SSSR count). The summed E-state index contributed by atoms with van der Waals surface area (Å²) < 4.78 is 19.3. The molecule has 0 saturated carbocycles. The van der Waals surface area contributed by atoms with E-state index in [4.69, 9.17) is 4.74 Å². The van der Waals surface area contributed by atoms with Crippen LogP contribution in [0.1, 0.15) is 43.4 Å². The summed E-state index contributed by atoms with van der Waals surface area (Å²) in [7, 11) is 0. The van der Waals surface area contributed by atoms with Gasteiger partial charge in [-0.15, -0.1) is 0 Å². The van der Waals surface area contributed by atoms with Crippen LogP contribution < -0.4 is 10.6 Å². The number of rotatable bonds is 2. The van der Waals surface area contributed by atoms with Gasteiger partial charge < -0.3 is 20.3 Å². The molecule has 2 heterocycles. The van der Waals surface area contributed by atoms with Crippen LogP contribution in [0.15, 0.2) is 18.2 Å². The van der Waals surface area contributed by atoms with Crippen molar-refractivity contribution in [1.29, 1.82) is 0 Å². The molecule has 2 N–H and O–H groups in total. The van der Waals surface area contributed by atoms with Gasteiger partial charge in [0.25, 0.3) is 0 Å². The van der Waals surface area contributed by atoms with Gasteiger partial charge in [-0.05, 0) is 56.8 Å². The number of hydrogen-bond donors (Lipinski definition) is 2. The molecule has 0 radical (unpaired) electrons. The number of carbonyl (C=O) groups is 1. The van der Waals surface area contributed by atoms with E-state index in [2.05, 4.69) is 10.6 Å². The lowest BCUT2D eigenvalue weighted by molar-refractivity contribution is -0.00929. The highest BCUT2D eigenvalue weighted by Crippen LogP contribution is 2.32. The number of aryl methyl sites for hydroxylation is 1. The first-order valence-electron chi connectivity index (χ1n) is 9.14. The smallest absolute Gasteiger partial charge is 0.318 e. The second-order valence-corrected chi connectivity index (χ2v) is 7.17. The zero-order valence-corrected chi connectivity index (χ0v) is 15.1. The molecular weight excluding hydrogens is 321 g/mol. The number of hydrogen-bond acceptors (Lipinski definition) is 3. The van der Waals surface area contributed by atoms with Crippen molar-refractivity contribution in [3.05, 3.63) is 35.1 Å². The van der Waals surface area contributed by atoms with Gasteiger partial charge >= 0.3 is 6.03 Å². The zero-order valence-electron chi connectivity index (χ0n) is 15.1. The van der Waals surface area contributed by atoms with Crippen molar-refractivity contribution in [3.8, 4) is 0 Å². The largest absolute Gasteiger partial charge is 0.381 e. The molecule has 0 aromatic heterocycles. The van der Waals surface area contributed by atoms with E-state index in [0.29, 0.717) is 25.3 Å². The lowest BCUT2D eigenvalue weighted by Crippen LogP contribution is -2.58. The molecule has 1 aromatic carbocycles. The fourth-order valence-electron chi connectivity index (χ4n) is 3.82. The third-order valence-electron chi connectivity index (χ3n) is 5.56. The molecule has 1 aromatic rings. The Morgan fingerprint density at radius 2 is 2.08 bits per heavy atom. The first-order chi connectivity index (χ1) is 12.0. The monoisotopic (exact) mass is 349 g/mol. The molecule has 25 heavy (non-hydrogen) atoms. The molecule has 1 spiro atoms. The topological polar surface area (TPSA) is 53.6 Å². The van der Waals surface area contributed by atoms with E-state index >= 15 is 0 Å². The fraction of sp³-hybridized carbons (Fsp3) is 0.632. The molecule has 2 amide bonds. The Morgan fingerprint density at radius 1 is 1.32 bits per heavy atom. The Labute approximate surface area is 148 Å². The van der Waals surface area contributed by atoms with E-state index in [1.807, 2.05) is 17.9 Å². The molecule has 0 aliphatic carbocycles. The summed E-state index contributed by atoms with van der Waals surface area (Å²) >= 11 is 0. The highest BCUT2D eigenvalue weighted by molar-refractivity contribution is 5.75. The SMILES string of the molecule is Cc1ccc([C@@H](C)NC(=O)N2CCNCCC23CCOCC3)cc1F. The maximum absolute atomic E-state index is 13.8. The average molecular weight is 349 g/mol. The third-order valence-corrected chi connectivity index (χ3v) is 5.56. The lowest BCUT2D eigenvalue weighted by atomic mass is 9.85. The van der Waals surface area contributed by atoms with E-state index in [0.717, 1.165) is 37.9 Å². The molecule has 5 nitrogen and oxygen atoms in total. The van der Waals surface area contributed by atoms with Crippen molar-refractivity contribution in [2.75, 3.05) is 32.8 Å². The number of ether oxygens (including phenoxy) is 1. The maximum atomic E-state index is 13.8. The van der Waals surface area contributed by atoms with Gasteiger partial charge in [-0.1, -0.05) is 12.1 Å². The molecule has 6 heteroatoms. The van der Waals surface area contributed by atoms with Crippen LogP contribution in [-0.2, 0) is 4.74 Å². The number of nitrogens with one attached hydrogen (secondary N) is 2. The van der Waals surface area contributed by atoms with Gasteiger partial charge in [-0.2, -0.15) is 0 Å². The number of carbonyl (C=O) groups excluding carboxylic acids is 1. The van der Waals surface area contributed by atoms with Crippen molar-refractivity contribution in [3.63, 3.8) is 0 Å². The Hall–Kier alpha value is -1.66. The van der Waals surface area contributed by atoms with Crippen LogP contribution in [0.5, 0.6) is 0 Å². The van der Waals surface area contributed by atoms with Crippen molar-refractivity contribution in [2.24, 2.45) is 0 Å². The number of amides is 2. The minimum atomic E-state index is -0.240. The summed E-state index contributed by atoms with van der Waals surface area (Å²) in [5, 5.41) is 6.45. The van der Waals surface area contributed by atoms with Crippen LogP contribution in [0.25, 0.3) is 0 Å². The molecule has 2 aliphatic rings. The van der Waals surface area contributed by atoms with E-state index in [1.54, 1.807) is 13.0 Å². The van der Waals surface area contributed by atoms with Crippen LogP contribution in [0.2, 0.25) is 0 Å². The number of nitrogens with zero attached hydrogens (tertiary/aromatic N) is 1. The first kappa shape index (κ1) is 18.1. The summed E-state index contributed by atoms with van der Waals surface area (Å²) in [4.78, 5) is 15.0. The van der Waals surface area contributed by atoms with E-state index in [1.165, 1.54) is 6.07 Å². The van der Waals surface area contributed by atoms with Crippen LogP contribution in [0, 0.1) is 12.7 Å². The Bertz CT molecular complexity index is 617. The van der Waals surface area contributed by atoms with Gasteiger partial charge in [-0.3, -0.25) is 0 Å². The van der Waals surface area contributed by atoms with Crippen molar-refractivity contribution < 1.29 is 13.9 Å². The zero-order chi connectivity index (χ0) is 17.9. The first-order valence-corrected chi connectivity index (χ1v) is 9.14. The highest BCUT2D eigenvalue weighted by Gasteiger charge is 2.41. The summed E-state index contributed by atoms with van der Waals surface area (Å²) in [5.41, 5.74) is 1.26. The quantitative estimate of drug-likeness (QED) is 0.863. The Morgan fingerprint density at radius 3 is 2.80 bits per heavy atom. The second-order valence-electron chi connectivity index (χ2n) is 7.17. The number of urea groups is 1. The van der Waals surface area contributed by atoms with E-state index in [9.17, 15) is 9.18 Å². The fourth-order valence-corrected chi connectivity index (χ4v) is 3.82. The molecule has 2 aliphatic heterocycles. The normalized spacial score (nSPS) is 21.6. The molecule has 138 valence electrons. The van der Waals surface area contributed by atoms with Gasteiger partial charge in [0.2, 0.25) is 0 Å². The second kappa shape index (κ2) is 7.70. The van der Waals surface area contributed by atoms with E-state index in [-0.39, 0.29) is 23.4 Å². The van der Waals surface area contributed by atoms with Gasteiger partial charge in [0, 0.05) is 26.3 Å². The average Bonchev–Trinajstić information content (AvgIpc) is 2.80. The molecule has 0 unspecified atom stereocenters. The third kappa shape index (κ3) is 3.96. The van der Waals surface area contributed by atoms with Crippen molar-refractivity contribution in [1.82, 2.24) is 15.5 Å². The van der Waals surface area contributed by atoms with Gasteiger partial charge in [0.1, 0.15) is 5.82 Å². The minimum absolute atomic E-state index is 0.0703. The van der Waals surface area contributed by atoms with Crippen molar-refractivity contribution >= 4 is 6.03 Å². The van der Waals surface area contributed by atoms with Crippen LogP contribution in [0.3, 0.4) is 0 Å². The summed E-state index contributed by atoms with van der Waals surface area (Å²) in [5.74, 6) is -0.238. The van der Waals surface area contributed by atoms with Gasteiger partial charge in [0.05, 0.1) is 11.6 Å². The van der Waals surface area contributed by atoms with Gasteiger partial charge in [0.15, 0.2) is 0 Å². The molecule has 2 fully saturated rings. The van der Waals surface area contributed by atoms with Crippen LogP contribution in [-0.4, -0.2) is 49.3 Å². The van der Waals surface area contributed by atoms with Crippen LogP contribution in [0.4, 0.5) is 9.18 Å².